The highest BCUT2D eigenvalue weighted by molar-refractivity contribution is 6.38. The van der Waals surface area contributed by atoms with Crippen molar-refractivity contribution in [2.75, 3.05) is 11.9 Å². The number of fused-ring (bicyclic) bond motifs is 1. The predicted molar refractivity (Wildman–Crippen MR) is 128 cm³/mol. The van der Waals surface area contributed by atoms with Crippen molar-refractivity contribution in [1.29, 1.82) is 0 Å². The minimum atomic E-state index is -0.481. The smallest absolute Gasteiger partial charge is 0.262 e. The Morgan fingerprint density at radius 3 is 2.34 bits per heavy atom. The Bertz CT molecular complexity index is 1360. The minimum Gasteiger partial charge on any atom is -0.476 e. The lowest BCUT2D eigenvalue weighted by molar-refractivity contribution is -0.118. The Morgan fingerprint density at radius 2 is 1.66 bits per heavy atom. The van der Waals surface area contributed by atoms with E-state index in [-0.39, 0.29) is 32.5 Å². The lowest BCUT2D eigenvalue weighted by Crippen LogP contribution is -2.22. The number of anilines is 1. The maximum atomic E-state index is 13.3. The zero-order valence-electron chi connectivity index (χ0n) is 16.7. The van der Waals surface area contributed by atoms with Crippen LogP contribution < -0.4 is 15.5 Å². The van der Waals surface area contributed by atoms with Crippen molar-refractivity contribution in [2.45, 2.75) is 6.92 Å². The summed E-state index contributed by atoms with van der Waals surface area (Å²) in [6, 6.07) is 16.9. The highest BCUT2D eigenvalue weighted by Gasteiger charge is 2.21. The molecule has 0 saturated carbocycles. The fourth-order valence-electron chi connectivity index (χ4n) is 3.10. The summed E-state index contributed by atoms with van der Waals surface area (Å²) in [4.78, 5) is 25.7. The van der Waals surface area contributed by atoms with E-state index in [0.717, 1.165) is 5.56 Å². The molecule has 0 aliphatic rings. The van der Waals surface area contributed by atoms with Crippen LogP contribution >= 0.6 is 34.8 Å². The Morgan fingerprint density at radius 1 is 0.969 bits per heavy atom. The summed E-state index contributed by atoms with van der Waals surface area (Å²) in [6.45, 7) is 1.53. The van der Waals surface area contributed by atoms with Crippen LogP contribution in [0.1, 0.15) is 5.56 Å². The molecular weight excluding hydrogens is 473 g/mol. The highest BCUT2D eigenvalue weighted by atomic mass is 35.5. The van der Waals surface area contributed by atoms with Gasteiger partial charge < -0.3 is 14.5 Å². The van der Waals surface area contributed by atoms with Crippen LogP contribution in [0.15, 0.2) is 69.9 Å². The van der Waals surface area contributed by atoms with E-state index >= 15 is 0 Å². The van der Waals surface area contributed by atoms with Gasteiger partial charge in [0.05, 0.1) is 10.4 Å². The van der Waals surface area contributed by atoms with Crippen molar-refractivity contribution < 1.29 is 13.9 Å². The van der Waals surface area contributed by atoms with Gasteiger partial charge in [-0.1, -0.05) is 64.6 Å². The van der Waals surface area contributed by atoms with Gasteiger partial charge in [-0.3, -0.25) is 9.59 Å². The van der Waals surface area contributed by atoms with Gasteiger partial charge in [0.15, 0.2) is 18.0 Å². The zero-order chi connectivity index (χ0) is 22.8. The molecule has 4 aromatic rings. The van der Waals surface area contributed by atoms with Gasteiger partial charge in [-0.05, 0) is 43.3 Å². The molecule has 1 heterocycles. The number of benzene rings is 3. The molecule has 0 unspecified atom stereocenters. The second-order valence-electron chi connectivity index (χ2n) is 7.06. The Labute approximate surface area is 198 Å². The Hall–Kier alpha value is -2.99. The molecule has 4 rings (SSSR count). The second kappa shape index (κ2) is 9.25. The second-order valence-corrected chi connectivity index (χ2v) is 8.34. The van der Waals surface area contributed by atoms with Crippen molar-refractivity contribution in [3.63, 3.8) is 0 Å². The van der Waals surface area contributed by atoms with Crippen LogP contribution in [0.25, 0.3) is 22.3 Å². The lowest BCUT2D eigenvalue weighted by Gasteiger charge is -2.13. The summed E-state index contributed by atoms with van der Waals surface area (Å²) in [5, 5.41) is 3.87. The molecule has 0 saturated heterocycles. The van der Waals surface area contributed by atoms with Crippen LogP contribution in [0.4, 0.5) is 5.69 Å². The summed E-state index contributed by atoms with van der Waals surface area (Å²) in [5.41, 5.74) is 1.89. The van der Waals surface area contributed by atoms with Crippen LogP contribution in [-0.2, 0) is 4.79 Å². The number of ether oxygens (including phenoxy) is 1. The molecule has 0 fully saturated rings. The van der Waals surface area contributed by atoms with Crippen molar-refractivity contribution in [3.05, 3.63) is 91.5 Å². The monoisotopic (exact) mass is 487 g/mol. The van der Waals surface area contributed by atoms with Crippen LogP contribution in [-0.4, -0.2) is 12.5 Å². The maximum Gasteiger partial charge on any atom is 0.262 e. The molecule has 0 spiro atoms. The first-order valence-corrected chi connectivity index (χ1v) is 10.7. The van der Waals surface area contributed by atoms with Gasteiger partial charge in [-0.15, -0.1) is 0 Å². The molecule has 1 N–H and O–H groups in total. The van der Waals surface area contributed by atoms with Gasteiger partial charge in [0, 0.05) is 21.3 Å². The number of halogens is 3. The van der Waals surface area contributed by atoms with E-state index in [1.807, 2.05) is 19.1 Å². The molecule has 0 atom stereocenters. The van der Waals surface area contributed by atoms with E-state index in [4.69, 9.17) is 44.0 Å². The fourth-order valence-corrected chi connectivity index (χ4v) is 3.76. The molecular formula is C24H16Cl3NO4. The Balaban J connectivity index is 1.72. The third kappa shape index (κ3) is 4.75. The number of rotatable bonds is 5. The summed E-state index contributed by atoms with van der Waals surface area (Å²) >= 11 is 18.2. The number of hydrogen-bond donors (Lipinski definition) is 1. The van der Waals surface area contributed by atoms with E-state index in [0.29, 0.717) is 16.3 Å². The highest BCUT2D eigenvalue weighted by Crippen LogP contribution is 2.35. The van der Waals surface area contributed by atoms with Crippen molar-refractivity contribution in [3.8, 4) is 17.1 Å². The van der Waals surface area contributed by atoms with Crippen molar-refractivity contribution in [1.82, 2.24) is 0 Å². The zero-order valence-corrected chi connectivity index (χ0v) is 19.0. The number of nitrogens with one attached hydrogen (secondary N) is 1. The minimum absolute atomic E-state index is 0.106. The van der Waals surface area contributed by atoms with Crippen LogP contribution in [0.2, 0.25) is 15.1 Å². The molecule has 8 heteroatoms. The first-order valence-electron chi connectivity index (χ1n) is 9.53. The molecule has 5 nitrogen and oxygen atoms in total. The Kier molecular flexibility index (Phi) is 6.42. The van der Waals surface area contributed by atoms with Crippen molar-refractivity contribution in [2.24, 2.45) is 0 Å². The molecule has 32 heavy (non-hydrogen) atoms. The largest absolute Gasteiger partial charge is 0.476 e. The van der Waals surface area contributed by atoms with Gasteiger partial charge in [0.25, 0.3) is 5.91 Å². The maximum absolute atomic E-state index is 13.3. The lowest BCUT2D eigenvalue weighted by atomic mass is 10.1. The topological polar surface area (TPSA) is 68.5 Å². The van der Waals surface area contributed by atoms with Gasteiger partial charge in [0.1, 0.15) is 0 Å². The molecule has 0 aliphatic carbocycles. The average Bonchev–Trinajstić information content (AvgIpc) is 2.76. The number of carbonyl (C=O) groups is 1. The van der Waals surface area contributed by atoms with Crippen LogP contribution in [0, 0.1) is 6.92 Å². The normalized spacial score (nSPS) is 10.9. The first-order chi connectivity index (χ1) is 15.3. The molecule has 1 aromatic heterocycles. The molecule has 0 bridgehead atoms. The van der Waals surface area contributed by atoms with Crippen molar-refractivity contribution >= 4 is 57.4 Å². The molecule has 1 amide bonds. The van der Waals surface area contributed by atoms with Crippen LogP contribution in [0.5, 0.6) is 5.75 Å². The van der Waals surface area contributed by atoms with Gasteiger partial charge >= 0.3 is 0 Å². The van der Waals surface area contributed by atoms with Gasteiger partial charge in [-0.2, -0.15) is 0 Å². The van der Waals surface area contributed by atoms with Gasteiger partial charge in [-0.25, -0.2) is 0 Å². The number of amides is 1. The average molecular weight is 489 g/mol. The molecule has 3 aromatic carbocycles. The van der Waals surface area contributed by atoms with Gasteiger partial charge in [0.2, 0.25) is 11.2 Å². The molecule has 162 valence electrons. The number of carbonyl (C=O) groups excluding carboxylic acids is 1. The first kappa shape index (κ1) is 22.2. The molecule has 0 aliphatic heterocycles. The van der Waals surface area contributed by atoms with E-state index < -0.39 is 17.9 Å². The SMILES string of the molecule is Cc1ccc(-c2oc3c(Cl)cc(Cl)cc3c(=O)c2OCC(=O)Nc2ccc(Cl)cc2)cc1. The standard InChI is InChI=1S/C24H16Cl3NO4/c1-13-2-4-14(5-3-13)22-24(21(30)18-10-16(26)11-19(27)23(18)32-22)31-12-20(29)28-17-8-6-15(25)7-9-17/h2-11H,12H2,1H3,(H,28,29). The molecule has 0 radical (unpaired) electrons. The number of aryl methyl sites for hydroxylation is 1. The number of hydrogen-bond acceptors (Lipinski definition) is 4. The third-order valence-corrected chi connectivity index (χ3v) is 5.41. The summed E-state index contributed by atoms with van der Waals surface area (Å²) in [7, 11) is 0. The van der Waals surface area contributed by atoms with E-state index in [1.165, 1.54) is 12.1 Å². The van der Waals surface area contributed by atoms with E-state index in [1.54, 1.807) is 36.4 Å². The van der Waals surface area contributed by atoms with E-state index in [2.05, 4.69) is 5.32 Å². The quantitative estimate of drug-likeness (QED) is 0.337. The summed E-state index contributed by atoms with van der Waals surface area (Å²) in [5.74, 6) is -0.386. The third-order valence-electron chi connectivity index (χ3n) is 4.66. The summed E-state index contributed by atoms with van der Waals surface area (Å²) < 4.78 is 11.7. The predicted octanol–water partition coefficient (Wildman–Crippen LogP) is 6.75. The van der Waals surface area contributed by atoms with Crippen LogP contribution in [0.3, 0.4) is 0 Å². The van der Waals surface area contributed by atoms with E-state index in [9.17, 15) is 9.59 Å². The fraction of sp³-hybridized carbons (Fsp3) is 0.0833. The summed E-state index contributed by atoms with van der Waals surface area (Å²) in [6.07, 6.45) is 0.